The fraction of sp³-hybridized carbons (Fsp3) is 0.667. The third kappa shape index (κ3) is 3.86. The molecule has 1 saturated heterocycles. The summed E-state index contributed by atoms with van der Waals surface area (Å²) in [7, 11) is 2.10. The molecule has 0 aromatic carbocycles. The van der Waals surface area contributed by atoms with E-state index in [-0.39, 0.29) is 0 Å². The molecule has 0 amide bonds. The number of likely N-dealkylation sites (tertiary alicyclic amines) is 1. The summed E-state index contributed by atoms with van der Waals surface area (Å²) >= 11 is 0. The highest BCUT2D eigenvalue weighted by molar-refractivity contribution is 5.30. The number of fused-ring (bicyclic) bond motifs is 1. The van der Waals surface area contributed by atoms with E-state index in [0.29, 0.717) is 5.92 Å². The van der Waals surface area contributed by atoms with Gasteiger partial charge < -0.3 is 4.74 Å². The predicted molar refractivity (Wildman–Crippen MR) is 105 cm³/mol. The molecular weight excluding hydrogens is 338 g/mol. The molecule has 2 aromatic heterocycles. The fourth-order valence-corrected chi connectivity index (χ4v) is 4.38. The van der Waals surface area contributed by atoms with Gasteiger partial charge in [0.05, 0.1) is 18.0 Å². The quantitative estimate of drug-likeness (QED) is 0.811. The second kappa shape index (κ2) is 7.58. The molecule has 0 atom stereocenters. The molecule has 0 unspecified atom stereocenters. The summed E-state index contributed by atoms with van der Waals surface area (Å²) in [6, 6.07) is 0. The Morgan fingerprint density at radius 1 is 1.07 bits per heavy atom. The lowest BCUT2D eigenvalue weighted by Crippen LogP contribution is -2.35. The Labute approximate surface area is 162 Å². The molecule has 2 aliphatic rings. The van der Waals surface area contributed by atoms with Crippen molar-refractivity contribution in [2.45, 2.75) is 59.4 Å². The second-order valence-electron chi connectivity index (χ2n) is 8.17. The number of aromatic nitrogens is 4. The Morgan fingerprint density at radius 2 is 1.85 bits per heavy atom. The summed E-state index contributed by atoms with van der Waals surface area (Å²) in [5.74, 6) is 2.15. The highest BCUT2D eigenvalue weighted by Crippen LogP contribution is 2.27. The molecule has 6 nitrogen and oxygen atoms in total. The summed E-state index contributed by atoms with van der Waals surface area (Å²) in [6.07, 6.45) is 6.00. The van der Waals surface area contributed by atoms with E-state index in [2.05, 4.69) is 26.6 Å². The topological polar surface area (TPSA) is 56.1 Å². The number of aryl methyl sites for hydroxylation is 4. The zero-order valence-electron chi connectivity index (χ0n) is 17.1. The third-order valence-electron chi connectivity index (χ3n) is 6.19. The molecule has 4 rings (SSSR count). The van der Waals surface area contributed by atoms with Gasteiger partial charge in [0.15, 0.2) is 0 Å². The van der Waals surface area contributed by atoms with Gasteiger partial charge in [0.1, 0.15) is 5.82 Å². The lowest BCUT2D eigenvalue weighted by molar-refractivity contribution is 0.132. The van der Waals surface area contributed by atoms with Gasteiger partial charge in [0.25, 0.3) is 0 Å². The van der Waals surface area contributed by atoms with Crippen LogP contribution < -0.4 is 4.74 Å². The molecule has 3 heterocycles. The summed E-state index contributed by atoms with van der Waals surface area (Å²) in [5, 5.41) is 4.71. The largest absolute Gasteiger partial charge is 0.477 e. The number of ether oxygens (including phenoxy) is 1. The van der Waals surface area contributed by atoms with Gasteiger partial charge in [-0.15, -0.1) is 0 Å². The lowest BCUT2D eigenvalue weighted by Gasteiger charge is -2.32. The van der Waals surface area contributed by atoms with E-state index < -0.39 is 0 Å². The molecule has 27 heavy (non-hydrogen) atoms. The van der Waals surface area contributed by atoms with Crippen molar-refractivity contribution < 1.29 is 4.74 Å². The average molecular weight is 370 g/mol. The summed E-state index contributed by atoms with van der Waals surface area (Å²) in [5.41, 5.74) is 6.36. The molecule has 2 aromatic rings. The first-order valence-corrected chi connectivity index (χ1v) is 10.2. The molecule has 1 aliphatic carbocycles. The first-order valence-electron chi connectivity index (χ1n) is 10.2. The SMILES string of the molecule is Cc1nc(C)c(C)c(OCC2CCN(Cc3c4c(nn3C)CCC4)CC2)n1. The van der Waals surface area contributed by atoms with Crippen LogP contribution in [-0.4, -0.2) is 44.3 Å². The molecule has 0 N–H and O–H groups in total. The van der Waals surface area contributed by atoms with Gasteiger partial charge >= 0.3 is 0 Å². The maximum atomic E-state index is 6.07. The average Bonchev–Trinajstić information content (AvgIpc) is 3.20. The van der Waals surface area contributed by atoms with E-state index >= 15 is 0 Å². The van der Waals surface area contributed by atoms with E-state index in [0.717, 1.165) is 55.6 Å². The van der Waals surface area contributed by atoms with E-state index in [1.807, 2.05) is 20.8 Å². The van der Waals surface area contributed by atoms with Crippen LogP contribution in [0.4, 0.5) is 0 Å². The minimum atomic E-state index is 0.605. The molecule has 146 valence electrons. The van der Waals surface area contributed by atoms with Gasteiger partial charge in [-0.1, -0.05) is 0 Å². The number of piperidine rings is 1. The van der Waals surface area contributed by atoms with Gasteiger partial charge in [-0.25, -0.2) is 4.98 Å². The van der Waals surface area contributed by atoms with Crippen LogP contribution in [0.15, 0.2) is 0 Å². The monoisotopic (exact) mass is 369 g/mol. The van der Waals surface area contributed by atoms with Crippen LogP contribution in [0.1, 0.15) is 53.3 Å². The zero-order valence-corrected chi connectivity index (χ0v) is 17.1. The van der Waals surface area contributed by atoms with Crippen molar-refractivity contribution in [3.05, 3.63) is 34.0 Å². The summed E-state index contributed by atoms with van der Waals surface area (Å²) in [4.78, 5) is 11.5. The summed E-state index contributed by atoms with van der Waals surface area (Å²) in [6.45, 7) is 10.0. The van der Waals surface area contributed by atoms with Crippen molar-refractivity contribution in [3.63, 3.8) is 0 Å². The molecule has 0 bridgehead atoms. The van der Waals surface area contributed by atoms with Crippen molar-refractivity contribution in [1.82, 2.24) is 24.6 Å². The molecule has 0 spiro atoms. The van der Waals surface area contributed by atoms with E-state index in [9.17, 15) is 0 Å². The van der Waals surface area contributed by atoms with Gasteiger partial charge in [0, 0.05) is 24.8 Å². The van der Waals surface area contributed by atoms with E-state index in [1.54, 1.807) is 0 Å². The fourth-order valence-electron chi connectivity index (χ4n) is 4.38. The van der Waals surface area contributed by atoms with Crippen LogP contribution in [-0.2, 0) is 26.4 Å². The Morgan fingerprint density at radius 3 is 2.63 bits per heavy atom. The van der Waals surface area contributed by atoms with Crippen molar-refractivity contribution in [3.8, 4) is 5.88 Å². The lowest BCUT2D eigenvalue weighted by atomic mass is 9.97. The second-order valence-corrected chi connectivity index (χ2v) is 8.17. The molecule has 1 fully saturated rings. The molecule has 0 radical (unpaired) electrons. The Hall–Kier alpha value is -1.95. The van der Waals surface area contributed by atoms with Crippen molar-refractivity contribution in [2.75, 3.05) is 19.7 Å². The van der Waals surface area contributed by atoms with Crippen molar-refractivity contribution >= 4 is 0 Å². The highest BCUT2D eigenvalue weighted by atomic mass is 16.5. The number of rotatable bonds is 5. The minimum absolute atomic E-state index is 0.605. The van der Waals surface area contributed by atoms with Crippen molar-refractivity contribution in [1.29, 1.82) is 0 Å². The number of hydrogen-bond acceptors (Lipinski definition) is 5. The number of hydrogen-bond donors (Lipinski definition) is 0. The van der Waals surface area contributed by atoms with Crippen molar-refractivity contribution in [2.24, 2.45) is 13.0 Å². The van der Waals surface area contributed by atoms with Crippen LogP contribution >= 0.6 is 0 Å². The highest BCUT2D eigenvalue weighted by Gasteiger charge is 2.25. The van der Waals surface area contributed by atoms with E-state index in [4.69, 9.17) is 9.84 Å². The third-order valence-corrected chi connectivity index (χ3v) is 6.19. The first-order chi connectivity index (χ1) is 13.0. The van der Waals surface area contributed by atoms with Gasteiger partial charge in [-0.2, -0.15) is 10.1 Å². The van der Waals surface area contributed by atoms with Gasteiger partial charge in [0.2, 0.25) is 5.88 Å². The molecule has 1 aliphatic heterocycles. The Balaban J connectivity index is 1.30. The molecular formula is C21H31N5O. The Bertz CT molecular complexity index is 820. The first kappa shape index (κ1) is 18.4. The van der Waals surface area contributed by atoms with E-state index in [1.165, 1.54) is 42.6 Å². The normalized spacial score (nSPS) is 18.1. The number of nitrogens with zero attached hydrogens (tertiary/aromatic N) is 5. The standard InChI is InChI=1S/C21H31N5O/c1-14-15(2)22-16(3)23-21(14)27-13-17-8-10-26(11-9-17)12-20-18-6-5-7-19(18)24-25(20)4/h17H,5-13H2,1-4H3. The smallest absolute Gasteiger partial charge is 0.219 e. The van der Waals surface area contributed by atoms with Crippen LogP contribution in [0.5, 0.6) is 5.88 Å². The minimum Gasteiger partial charge on any atom is -0.477 e. The van der Waals surface area contributed by atoms with Crippen LogP contribution in [0, 0.1) is 26.7 Å². The molecule has 6 heteroatoms. The van der Waals surface area contributed by atoms with Crippen LogP contribution in [0.25, 0.3) is 0 Å². The van der Waals surface area contributed by atoms with Crippen LogP contribution in [0.3, 0.4) is 0 Å². The van der Waals surface area contributed by atoms with Gasteiger partial charge in [-0.3, -0.25) is 9.58 Å². The molecule has 0 saturated carbocycles. The predicted octanol–water partition coefficient (Wildman–Crippen LogP) is 2.92. The van der Waals surface area contributed by atoms with Crippen LogP contribution in [0.2, 0.25) is 0 Å². The summed E-state index contributed by atoms with van der Waals surface area (Å²) < 4.78 is 8.19. The maximum Gasteiger partial charge on any atom is 0.219 e. The van der Waals surface area contributed by atoms with Gasteiger partial charge in [-0.05, 0) is 77.4 Å². The Kier molecular flexibility index (Phi) is 5.17. The zero-order chi connectivity index (χ0) is 19.0. The maximum absolute atomic E-state index is 6.07.